The van der Waals surface area contributed by atoms with Gasteiger partial charge in [0.05, 0.1) is 12.3 Å². The summed E-state index contributed by atoms with van der Waals surface area (Å²) >= 11 is 0. The summed E-state index contributed by atoms with van der Waals surface area (Å²) < 4.78 is 5.78. The van der Waals surface area contributed by atoms with Crippen LogP contribution in [0, 0.1) is 6.92 Å². The van der Waals surface area contributed by atoms with Gasteiger partial charge < -0.3 is 10.5 Å². The summed E-state index contributed by atoms with van der Waals surface area (Å²) in [5.41, 5.74) is 8.88. The topological polar surface area (TPSA) is 48.1 Å². The third kappa shape index (κ3) is 4.35. The molecule has 0 bridgehead atoms. The number of unbranched alkanes of at least 4 members (excludes halogenated alkanes) is 1. The van der Waals surface area contributed by atoms with E-state index in [1.54, 1.807) is 0 Å². The first-order valence-corrected chi connectivity index (χ1v) is 7.13. The molecule has 0 saturated heterocycles. The Hall–Kier alpha value is -1.87. The number of aromatic nitrogens is 1. The molecule has 0 unspecified atom stereocenters. The Morgan fingerprint density at radius 1 is 1.05 bits per heavy atom. The maximum absolute atomic E-state index is 5.78. The van der Waals surface area contributed by atoms with Crippen molar-refractivity contribution in [2.24, 2.45) is 5.73 Å². The van der Waals surface area contributed by atoms with E-state index in [0.717, 1.165) is 36.4 Å². The zero-order valence-electron chi connectivity index (χ0n) is 12.0. The Kier molecular flexibility index (Phi) is 5.56. The zero-order valence-corrected chi connectivity index (χ0v) is 12.0. The molecule has 2 rings (SSSR count). The molecular weight excluding hydrogens is 248 g/mol. The van der Waals surface area contributed by atoms with Gasteiger partial charge in [0.2, 0.25) is 0 Å². The molecule has 0 spiro atoms. The van der Waals surface area contributed by atoms with Crippen LogP contribution >= 0.6 is 0 Å². The van der Waals surface area contributed by atoms with E-state index in [2.05, 4.69) is 29.2 Å². The molecule has 2 aromatic rings. The summed E-state index contributed by atoms with van der Waals surface area (Å²) in [6.07, 6.45) is 3.26. The van der Waals surface area contributed by atoms with E-state index < -0.39 is 0 Å². The molecule has 3 nitrogen and oxygen atoms in total. The van der Waals surface area contributed by atoms with Crippen LogP contribution in [-0.4, -0.2) is 11.6 Å². The second kappa shape index (κ2) is 7.65. The lowest BCUT2D eigenvalue weighted by molar-refractivity contribution is 0.302. The van der Waals surface area contributed by atoms with Crippen molar-refractivity contribution in [2.45, 2.75) is 32.7 Å². The second-order valence-corrected chi connectivity index (χ2v) is 4.89. The van der Waals surface area contributed by atoms with Gasteiger partial charge in [-0.1, -0.05) is 30.3 Å². The fourth-order valence-electron chi connectivity index (χ4n) is 2.13. The number of ether oxygens (including phenoxy) is 1. The largest absolute Gasteiger partial charge is 0.492 e. The highest BCUT2D eigenvalue weighted by Crippen LogP contribution is 2.17. The van der Waals surface area contributed by atoms with Crippen molar-refractivity contribution in [1.82, 2.24) is 4.98 Å². The van der Waals surface area contributed by atoms with Gasteiger partial charge >= 0.3 is 0 Å². The summed E-state index contributed by atoms with van der Waals surface area (Å²) in [5.74, 6) is 0.817. The average Bonchev–Trinajstić information content (AvgIpc) is 2.49. The summed E-state index contributed by atoms with van der Waals surface area (Å²) in [4.78, 5) is 4.39. The Labute approximate surface area is 120 Å². The molecule has 0 saturated carbocycles. The summed E-state index contributed by atoms with van der Waals surface area (Å²) in [6.45, 7) is 3.09. The molecule has 0 atom stereocenters. The van der Waals surface area contributed by atoms with Crippen LogP contribution in [0.4, 0.5) is 0 Å². The molecule has 0 radical (unpaired) electrons. The number of nitrogens with two attached hydrogens (primary N) is 1. The third-order valence-electron chi connectivity index (χ3n) is 3.23. The molecule has 0 amide bonds. The van der Waals surface area contributed by atoms with E-state index in [4.69, 9.17) is 10.5 Å². The van der Waals surface area contributed by atoms with E-state index in [1.165, 1.54) is 5.56 Å². The highest BCUT2D eigenvalue weighted by Gasteiger charge is 2.03. The number of hydrogen-bond donors (Lipinski definition) is 1. The second-order valence-electron chi connectivity index (χ2n) is 4.89. The summed E-state index contributed by atoms with van der Waals surface area (Å²) in [5, 5.41) is 0. The van der Waals surface area contributed by atoms with Crippen LogP contribution in [0.5, 0.6) is 5.75 Å². The van der Waals surface area contributed by atoms with Crippen LogP contribution in [-0.2, 0) is 13.0 Å². The number of aryl methyl sites for hydroxylation is 2. The Bertz CT molecular complexity index is 526. The minimum Gasteiger partial charge on any atom is -0.492 e. The minimum atomic E-state index is 0.418. The van der Waals surface area contributed by atoms with Gasteiger partial charge in [0, 0.05) is 12.2 Å². The molecule has 1 heterocycles. The van der Waals surface area contributed by atoms with Crippen LogP contribution in [0.15, 0.2) is 42.5 Å². The van der Waals surface area contributed by atoms with Crippen molar-refractivity contribution in [3.8, 4) is 5.75 Å². The predicted molar refractivity (Wildman–Crippen MR) is 81.7 cm³/mol. The molecule has 0 aliphatic rings. The maximum Gasteiger partial charge on any atom is 0.142 e. The lowest BCUT2D eigenvalue weighted by Crippen LogP contribution is -2.06. The van der Waals surface area contributed by atoms with Crippen LogP contribution < -0.4 is 10.5 Å². The fourth-order valence-corrected chi connectivity index (χ4v) is 2.13. The fraction of sp³-hybridized carbons (Fsp3) is 0.353. The lowest BCUT2D eigenvalue weighted by atomic mass is 10.1. The van der Waals surface area contributed by atoms with Gasteiger partial charge in [-0.2, -0.15) is 0 Å². The molecule has 20 heavy (non-hydrogen) atoms. The van der Waals surface area contributed by atoms with Crippen molar-refractivity contribution in [3.63, 3.8) is 0 Å². The number of pyridine rings is 1. The SMILES string of the molecule is Cc1ccc(OCCCCc2ccccc2)c(CN)n1. The quantitative estimate of drug-likeness (QED) is 0.786. The van der Waals surface area contributed by atoms with Gasteiger partial charge in [-0.15, -0.1) is 0 Å². The monoisotopic (exact) mass is 270 g/mol. The van der Waals surface area contributed by atoms with Crippen molar-refractivity contribution in [3.05, 3.63) is 59.4 Å². The number of benzene rings is 1. The minimum absolute atomic E-state index is 0.418. The number of nitrogens with zero attached hydrogens (tertiary/aromatic N) is 1. The van der Waals surface area contributed by atoms with Crippen molar-refractivity contribution in [1.29, 1.82) is 0 Å². The molecule has 1 aromatic heterocycles. The average molecular weight is 270 g/mol. The lowest BCUT2D eigenvalue weighted by Gasteiger charge is -2.10. The molecule has 1 aromatic carbocycles. The van der Waals surface area contributed by atoms with E-state index in [9.17, 15) is 0 Å². The highest BCUT2D eigenvalue weighted by molar-refractivity contribution is 5.29. The van der Waals surface area contributed by atoms with Crippen LogP contribution in [0.3, 0.4) is 0 Å². The predicted octanol–water partition coefficient (Wildman–Crippen LogP) is 3.25. The van der Waals surface area contributed by atoms with Crippen molar-refractivity contribution in [2.75, 3.05) is 6.61 Å². The van der Waals surface area contributed by atoms with Gasteiger partial charge in [-0.25, -0.2) is 0 Å². The molecule has 106 valence electrons. The van der Waals surface area contributed by atoms with Gasteiger partial charge in [0.1, 0.15) is 5.75 Å². The molecule has 0 fully saturated rings. The van der Waals surface area contributed by atoms with Crippen LogP contribution in [0.25, 0.3) is 0 Å². The van der Waals surface area contributed by atoms with Crippen LogP contribution in [0.2, 0.25) is 0 Å². The van der Waals surface area contributed by atoms with Crippen LogP contribution in [0.1, 0.15) is 29.8 Å². The van der Waals surface area contributed by atoms with E-state index >= 15 is 0 Å². The summed E-state index contributed by atoms with van der Waals surface area (Å²) in [6, 6.07) is 14.5. The van der Waals surface area contributed by atoms with Crippen molar-refractivity contribution >= 4 is 0 Å². The zero-order chi connectivity index (χ0) is 14.2. The standard InChI is InChI=1S/C17H22N2O/c1-14-10-11-17(16(13-18)19-14)20-12-6-5-9-15-7-3-2-4-8-15/h2-4,7-8,10-11H,5-6,9,12-13,18H2,1H3. The highest BCUT2D eigenvalue weighted by atomic mass is 16.5. The van der Waals surface area contributed by atoms with Gasteiger partial charge in [0.15, 0.2) is 0 Å². The summed E-state index contributed by atoms with van der Waals surface area (Å²) in [7, 11) is 0. The van der Waals surface area contributed by atoms with Gasteiger partial charge in [-0.05, 0) is 43.9 Å². The molecule has 2 N–H and O–H groups in total. The first-order valence-electron chi connectivity index (χ1n) is 7.13. The normalized spacial score (nSPS) is 10.5. The maximum atomic E-state index is 5.78. The van der Waals surface area contributed by atoms with E-state index in [-0.39, 0.29) is 0 Å². The first-order chi connectivity index (χ1) is 9.79. The Morgan fingerprint density at radius 3 is 2.60 bits per heavy atom. The van der Waals surface area contributed by atoms with Gasteiger partial charge in [0.25, 0.3) is 0 Å². The molecular formula is C17H22N2O. The van der Waals surface area contributed by atoms with Gasteiger partial charge in [-0.3, -0.25) is 4.98 Å². The Balaban J connectivity index is 1.73. The number of hydrogen-bond acceptors (Lipinski definition) is 3. The smallest absolute Gasteiger partial charge is 0.142 e. The van der Waals surface area contributed by atoms with Crippen molar-refractivity contribution < 1.29 is 4.74 Å². The third-order valence-corrected chi connectivity index (χ3v) is 3.23. The number of rotatable bonds is 7. The molecule has 0 aliphatic carbocycles. The van der Waals surface area contributed by atoms with E-state index in [0.29, 0.717) is 13.2 Å². The first kappa shape index (κ1) is 14.5. The molecule has 3 heteroatoms. The Morgan fingerprint density at radius 2 is 1.85 bits per heavy atom. The molecule has 0 aliphatic heterocycles. The van der Waals surface area contributed by atoms with E-state index in [1.807, 2.05) is 25.1 Å².